The van der Waals surface area contributed by atoms with Crippen molar-refractivity contribution >= 4 is 35.0 Å². The number of nitrogens with zero attached hydrogens (tertiary/aromatic N) is 1. The zero-order valence-corrected chi connectivity index (χ0v) is 15.1. The second kappa shape index (κ2) is 7.89. The number of nitrogens with one attached hydrogen (secondary N) is 1. The minimum absolute atomic E-state index is 0.0293. The van der Waals surface area contributed by atoms with E-state index in [9.17, 15) is 9.59 Å². The van der Waals surface area contributed by atoms with E-state index in [2.05, 4.69) is 5.32 Å². The van der Waals surface area contributed by atoms with Crippen LogP contribution < -0.4 is 5.32 Å². The van der Waals surface area contributed by atoms with Crippen molar-refractivity contribution in [3.05, 3.63) is 69.7 Å². The second-order valence-corrected chi connectivity index (χ2v) is 6.87. The molecule has 0 spiro atoms. The van der Waals surface area contributed by atoms with Crippen LogP contribution in [0.25, 0.3) is 0 Å². The summed E-state index contributed by atoms with van der Waals surface area (Å²) in [6.45, 7) is 1.19. The summed E-state index contributed by atoms with van der Waals surface area (Å²) in [4.78, 5) is 26.6. The van der Waals surface area contributed by atoms with Crippen molar-refractivity contribution in [1.82, 2.24) is 10.2 Å². The van der Waals surface area contributed by atoms with E-state index in [1.807, 2.05) is 0 Å². The number of benzene rings is 2. The number of amides is 2. The molecule has 1 fully saturated rings. The first kappa shape index (κ1) is 17.8. The molecule has 4 nitrogen and oxygen atoms in total. The van der Waals surface area contributed by atoms with E-state index in [0.717, 1.165) is 0 Å². The van der Waals surface area contributed by atoms with Gasteiger partial charge in [0.2, 0.25) is 0 Å². The maximum atomic E-state index is 12.5. The summed E-state index contributed by atoms with van der Waals surface area (Å²) < 4.78 is 0. The van der Waals surface area contributed by atoms with Crippen LogP contribution in [0.2, 0.25) is 10.0 Å². The molecule has 1 saturated heterocycles. The summed E-state index contributed by atoms with van der Waals surface area (Å²) in [7, 11) is 0. The highest BCUT2D eigenvalue weighted by Gasteiger charge is 2.25. The van der Waals surface area contributed by atoms with Gasteiger partial charge in [0.05, 0.1) is 10.6 Å². The molecule has 0 radical (unpaired) electrons. The van der Waals surface area contributed by atoms with Crippen LogP contribution in [0.15, 0.2) is 48.5 Å². The van der Waals surface area contributed by atoms with Gasteiger partial charge in [0.1, 0.15) is 0 Å². The van der Waals surface area contributed by atoms with Crippen molar-refractivity contribution in [2.24, 2.45) is 0 Å². The van der Waals surface area contributed by atoms with Gasteiger partial charge in [0.15, 0.2) is 0 Å². The SMILES string of the molecule is O=C(NC1CCN(C(=O)c2cccc(Cl)c2)CC1)c1ccccc1Cl. The topological polar surface area (TPSA) is 49.4 Å². The molecule has 25 heavy (non-hydrogen) atoms. The molecular formula is C19H18Cl2N2O2. The average Bonchev–Trinajstić information content (AvgIpc) is 2.62. The van der Waals surface area contributed by atoms with Crippen molar-refractivity contribution in [2.75, 3.05) is 13.1 Å². The molecule has 1 heterocycles. The predicted molar refractivity (Wildman–Crippen MR) is 99.3 cm³/mol. The molecule has 2 aromatic carbocycles. The second-order valence-electron chi connectivity index (χ2n) is 6.03. The van der Waals surface area contributed by atoms with E-state index in [1.54, 1.807) is 53.4 Å². The maximum Gasteiger partial charge on any atom is 0.253 e. The number of halogens is 2. The predicted octanol–water partition coefficient (Wildman–Crippen LogP) is 4.03. The smallest absolute Gasteiger partial charge is 0.253 e. The molecule has 2 amide bonds. The lowest BCUT2D eigenvalue weighted by atomic mass is 10.0. The van der Waals surface area contributed by atoms with Crippen molar-refractivity contribution in [1.29, 1.82) is 0 Å². The number of carbonyl (C=O) groups is 2. The number of rotatable bonds is 3. The molecule has 130 valence electrons. The van der Waals surface area contributed by atoms with Gasteiger partial charge in [-0.15, -0.1) is 0 Å². The highest BCUT2D eigenvalue weighted by Crippen LogP contribution is 2.19. The van der Waals surface area contributed by atoms with Crippen molar-refractivity contribution in [2.45, 2.75) is 18.9 Å². The minimum Gasteiger partial charge on any atom is -0.349 e. The molecule has 0 unspecified atom stereocenters. The number of piperidine rings is 1. The Kier molecular flexibility index (Phi) is 5.61. The monoisotopic (exact) mass is 376 g/mol. The lowest BCUT2D eigenvalue weighted by Gasteiger charge is -2.32. The molecule has 3 rings (SSSR count). The van der Waals surface area contributed by atoms with Gasteiger partial charge < -0.3 is 10.2 Å². The van der Waals surface area contributed by atoms with Crippen LogP contribution in [0, 0.1) is 0 Å². The molecule has 0 bridgehead atoms. The van der Waals surface area contributed by atoms with Crippen LogP contribution >= 0.6 is 23.2 Å². The Balaban J connectivity index is 1.56. The molecule has 0 atom stereocenters. The Hall–Kier alpha value is -2.04. The fraction of sp³-hybridized carbons (Fsp3) is 0.263. The van der Waals surface area contributed by atoms with Crippen molar-refractivity contribution in [3.63, 3.8) is 0 Å². The van der Waals surface area contributed by atoms with Gasteiger partial charge in [-0.1, -0.05) is 41.4 Å². The first-order valence-corrected chi connectivity index (χ1v) is 8.90. The van der Waals surface area contributed by atoms with Gasteiger partial charge in [0.25, 0.3) is 11.8 Å². The summed E-state index contributed by atoms with van der Waals surface area (Å²) in [6, 6.07) is 14.0. The molecule has 0 aromatic heterocycles. The zero-order valence-electron chi connectivity index (χ0n) is 13.5. The van der Waals surface area contributed by atoms with E-state index in [-0.39, 0.29) is 17.9 Å². The summed E-state index contributed by atoms with van der Waals surface area (Å²) in [5, 5.41) is 3.99. The van der Waals surface area contributed by atoms with Crippen molar-refractivity contribution in [3.8, 4) is 0 Å². The fourth-order valence-corrected chi connectivity index (χ4v) is 3.35. The molecular weight excluding hydrogens is 359 g/mol. The van der Waals surface area contributed by atoms with Crippen molar-refractivity contribution < 1.29 is 9.59 Å². The fourth-order valence-electron chi connectivity index (χ4n) is 2.94. The molecule has 0 aliphatic carbocycles. The van der Waals surface area contributed by atoms with Crippen LogP contribution in [0.5, 0.6) is 0 Å². The quantitative estimate of drug-likeness (QED) is 0.878. The third kappa shape index (κ3) is 4.33. The molecule has 0 saturated carbocycles. The number of likely N-dealkylation sites (tertiary alicyclic amines) is 1. The summed E-state index contributed by atoms with van der Waals surface area (Å²) in [5.41, 5.74) is 1.06. The average molecular weight is 377 g/mol. The van der Waals surface area contributed by atoms with Crippen LogP contribution in [-0.2, 0) is 0 Å². The van der Waals surface area contributed by atoms with Crippen LogP contribution in [-0.4, -0.2) is 35.8 Å². The highest BCUT2D eigenvalue weighted by molar-refractivity contribution is 6.33. The number of carbonyl (C=O) groups excluding carboxylic acids is 2. The van der Waals surface area contributed by atoms with E-state index in [4.69, 9.17) is 23.2 Å². The van der Waals surface area contributed by atoms with E-state index >= 15 is 0 Å². The van der Waals surface area contributed by atoms with E-state index < -0.39 is 0 Å². The molecule has 1 N–H and O–H groups in total. The van der Waals surface area contributed by atoms with Crippen LogP contribution in [0.1, 0.15) is 33.6 Å². The van der Waals surface area contributed by atoms with Gasteiger partial charge in [-0.2, -0.15) is 0 Å². The Labute approximate surface area is 156 Å². The number of hydrogen-bond acceptors (Lipinski definition) is 2. The zero-order chi connectivity index (χ0) is 17.8. The van der Waals surface area contributed by atoms with Gasteiger partial charge in [-0.25, -0.2) is 0 Å². The highest BCUT2D eigenvalue weighted by atomic mass is 35.5. The standard InChI is InChI=1S/C19H18Cl2N2O2/c20-14-5-3-4-13(12-14)19(25)23-10-8-15(9-11-23)22-18(24)16-6-1-2-7-17(16)21/h1-7,12,15H,8-11H2,(H,22,24). The molecule has 2 aromatic rings. The lowest BCUT2D eigenvalue weighted by Crippen LogP contribution is -2.46. The van der Waals surface area contributed by atoms with Crippen LogP contribution in [0.4, 0.5) is 0 Å². The third-order valence-electron chi connectivity index (χ3n) is 4.31. The molecule has 1 aliphatic rings. The first-order chi connectivity index (χ1) is 12.0. The largest absolute Gasteiger partial charge is 0.349 e. The summed E-state index contributed by atoms with van der Waals surface area (Å²) in [5.74, 6) is -0.205. The number of hydrogen-bond donors (Lipinski definition) is 1. The Morgan fingerprint density at radius 2 is 1.72 bits per heavy atom. The van der Waals surface area contributed by atoms with Gasteiger partial charge in [-0.05, 0) is 43.2 Å². The third-order valence-corrected chi connectivity index (χ3v) is 4.87. The summed E-state index contributed by atoms with van der Waals surface area (Å²) in [6.07, 6.45) is 1.42. The summed E-state index contributed by atoms with van der Waals surface area (Å²) >= 11 is 12.0. The Morgan fingerprint density at radius 1 is 1.00 bits per heavy atom. The Morgan fingerprint density at radius 3 is 2.40 bits per heavy atom. The van der Waals surface area contributed by atoms with Gasteiger partial charge >= 0.3 is 0 Å². The molecule has 6 heteroatoms. The lowest BCUT2D eigenvalue weighted by molar-refractivity contribution is 0.0698. The maximum absolute atomic E-state index is 12.5. The van der Waals surface area contributed by atoms with E-state index in [0.29, 0.717) is 47.1 Å². The van der Waals surface area contributed by atoms with Gasteiger partial charge in [0, 0.05) is 29.7 Å². The van der Waals surface area contributed by atoms with Crippen LogP contribution in [0.3, 0.4) is 0 Å². The molecule has 1 aliphatic heterocycles. The van der Waals surface area contributed by atoms with E-state index in [1.165, 1.54) is 0 Å². The minimum atomic E-state index is -0.176. The Bertz CT molecular complexity index is 786. The normalized spacial score (nSPS) is 15.0. The first-order valence-electron chi connectivity index (χ1n) is 8.15. The van der Waals surface area contributed by atoms with Gasteiger partial charge in [-0.3, -0.25) is 9.59 Å².